The summed E-state index contributed by atoms with van der Waals surface area (Å²) in [5, 5.41) is 20.8. The number of nitro benzene ring substituents is 1. The minimum atomic E-state index is -0.351. The van der Waals surface area contributed by atoms with E-state index in [2.05, 4.69) is 14.8 Å². The number of rotatable bonds is 8. The molecule has 1 fully saturated rings. The number of hydrogen-bond acceptors (Lipinski definition) is 7. The van der Waals surface area contributed by atoms with Crippen molar-refractivity contribution < 1.29 is 14.4 Å². The van der Waals surface area contributed by atoms with Crippen molar-refractivity contribution in [1.29, 1.82) is 0 Å². The number of ether oxygens (including phenoxy) is 2. The van der Waals surface area contributed by atoms with Crippen molar-refractivity contribution in [3.8, 4) is 17.1 Å². The Morgan fingerprint density at radius 3 is 2.73 bits per heavy atom. The van der Waals surface area contributed by atoms with E-state index in [-0.39, 0.29) is 16.7 Å². The summed E-state index contributed by atoms with van der Waals surface area (Å²) >= 11 is 1.44. The van der Waals surface area contributed by atoms with Gasteiger partial charge in [0.1, 0.15) is 5.75 Å². The van der Waals surface area contributed by atoms with Gasteiger partial charge < -0.3 is 9.47 Å². The first-order chi connectivity index (χ1) is 14.7. The lowest BCUT2D eigenvalue weighted by Crippen LogP contribution is -2.16. The number of thioether (sulfide) groups is 1. The summed E-state index contributed by atoms with van der Waals surface area (Å²) in [6.07, 6.45) is 2.15. The lowest BCUT2D eigenvalue weighted by Gasteiger charge is -2.15. The first-order valence-electron chi connectivity index (χ1n) is 9.70. The van der Waals surface area contributed by atoms with Gasteiger partial charge in [0, 0.05) is 29.6 Å². The molecule has 1 unspecified atom stereocenters. The van der Waals surface area contributed by atoms with Crippen LogP contribution in [0, 0.1) is 10.1 Å². The largest absolute Gasteiger partial charge is 0.497 e. The van der Waals surface area contributed by atoms with E-state index in [1.165, 1.54) is 17.8 Å². The zero-order valence-electron chi connectivity index (χ0n) is 16.6. The Labute approximate surface area is 178 Å². The van der Waals surface area contributed by atoms with E-state index < -0.39 is 0 Å². The molecule has 4 rings (SSSR count). The van der Waals surface area contributed by atoms with Crippen LogP contribution in [0.4, 0.5) is 5.69 Å². The van der Waals surface area contributed by atoms with Gasteiger partial charge in [-0.3, -0.25) is 14.7 Å². The van der Waals surface area contributed by atoms with Gasteiger partial charge in [0.15, 0.2) is 11.0 Å². The van der Waals surface area contributed by atoms with Gasteiger partial charge in [-0.25, -0.2) is 0 Å². The Bertz CT molecular complexity index is 1020. The maximum absolute atomic E-state index is 11.3. The predicted octanol–water partition coefficient (Wildman–Crippen LogP) is 4.33. The van der Waals surface area contributed by atoms with Crippen LogP contribution < -0.4 is 4.74 Å². The highest BCUT2D eigenvalue weighted by atomic mass is 32.2. The van der Waals surface area contributed by atoms with Gasteiger partial charge in [0.05, 0.1) is 24.7 Å². The molecular weight excluding hydrogens is 404 g/mol. The summed E-state index contributed by atoms with van der Waals surface area (Å²) in [6.45, 7) is 1.41. The summed E-state index contributed by atoms with van der Waals surface area (Å²) < 4.78 is 13.1. The molecule has 1 aromatic heterocycles. The minimum absolute atomic E-state index is 0.114. The lowest BCUT2D eigenvalue weighted by molar-refractivity contribution is -0.385. The highest BCUT2D eigenvalue weighted by Crippen LogP contribution is 2.31. The molecule has 0 radical (unpaired) electrons. The summed E-state index contributed by atoms with van der Waals surface area (Å²) in [6, 6.07) is 14.5. The smallest absolute Gasteiger partial charge is 0.273 e. The number of benzene rings is 2. The Morgan fingerprint density at radius 2 is 2.03 bits per heavy atom. The molecule has 3 aromatic rings. The first-order valence-corrected chi connectivity index (χ1v) is 10.7. The van der Waals surface area contributed by atoms with Crippen molar-refractivity contribution in [2.24, 2.45) is 0 Å². The zero-order valence-corrected chi connectivity index (χ0v) is 17.4. The van der Waals surface area contributed by atoms with Crippen LogP contribution in [0.3, 0.4) is 0 Å². The molecule has 1 aliphatic heterocycles. The summed E-state index contributed by atoms with van der Waals surface area (Å²) in [5.41, 5.74) is 1.70. The Morgan fingerprint density at radius 1 is 1.23 bits per heavy atom. The average molecular weight is 426 g/mol. The second-order valence-electron chi connectivity index (χ2n) is 6.95. The third-order valence-electron chi connectivity index (χ3n) is 5.02. The Kier molecular flexibility index (Phi) is 6.29. The van der Waals surface area contributed by atoms with E-state index in [0.717, 1.165) is 41.7 Å². The molecule has 9 heteroatoms. The number of nitrogens with zero attached hydrogens (tertiary/aromatic N) is 4. The Hall–Kier alpha value is -2.91. The van der Waals surface area contributed by atoms with Crippen molar-refractivity contribution in [2.45, 2.75) is 36.4 Å². The molecule has 2 heterocycles. The van der Waals surface area contributed by atoms with Gasteiger partial charge in [0.2, 0.25) is 0 Å². The molecule has 2 aromatic carbocycles. The van der Waals surface area contributed by atoms with Crippen LogP contribution in [-0.2, 0) is 17.0 Å². The monoisotopic (exact) mass is 426 g/mol. The van der Waals surface area contributed by atoms with Crippen LogP contribution in [0.15, 0.2) is 53.7 Å². The van der Waals surface area contributed by atoms with E-state index >= 15 is 0 Å². The van der Waals surface area contributed by atoms with Crippen LogP contribution in [0.1, 0.15) is 18.4 Å². The molecule has 30 heavy (non-hydrogen) atoms. The van der Waals surface area contributed by atoms with Crippen LogP contribution in [0.5, 0.6) is 5.75 Å². The lowest BCUT2D eigenvalue weighted by atomic mass is 10.2. The standard InChI is InChI=1S/C21H22N4O4S/c1-28-17-10-8-15(9-11-17)20-22-23-21(24(20)13-18-6-4-12-29-18)30-14-16-5-2-3-7-19(16)25(26)27/h2-3,5,7-11,18H,4,6,12-14H2,1H3. The van der Waals surface area contributed by atoms with Crippen LogP contribution in [0.2, 0.25) is 0 Å². The number of hydrogen-bond donors (Lipinski definition) is 0. The van der Waals surface area contributed by atoms with Crippen molar-refractivity contribution in [3.05, 3.63) is 64.2 Å². The molecule has 1 saturated heterocycles. The second-order valence-corrected chi connectivity index (χ2v) is 7.90. The third-order valence-corrected chi connectivity index (χ3v) is 6.04. The highest BCUT2D eigenvalue weighted by Gasteiger charge is 2.22. The average Bonchev–Trinajstić information content (AvgIpc) is 3.43. The fourth-order valence-electron chi connectivity index (χ4n) is 3.46. The summed E-state index contributed by atoms with van der Waals surface area (Å²) in [5.74, 6) is 1.96. The van der Waals surface area contributed by atoms with Gasteiger partial charge in [0.25, 0.3) is 5.69 Å². The van der Waals surface area contributed by atoms with Gasteiger partial charge in [-0.2, -0.15) is 0 Å². The minimum Gasteiger partial charge on any atom is -0.497 e. The molecule has 156 valence electrons. The fraction of sp³-hybridized carbons (Fsp3) is 0.333. The third kappa shape index (κ3) is 4.47. The molecule has 0 spiro atoms. The van der Waals surface area contributed by atoms with E-state index in [1.807, 2.05) is 30.3 Å². The van der Waals surface area contributed by atoms with Crippen molar-refractivity contribution in [3.63, 3.8) is 0 Å². The predicted molar refractivity (Wildman–Crippen MR) is 114 cm³/mol. The molecule has 0 aliphatic carbocycles. The SMILES string of the molecule is COc1ccc(-c2nnc(SCc3ccccc3[N+](=O)[O-])n2CC2CCCO2)cc1. The highest BCUT2D eigenvalue weighted by molar-refractivity contribution is 7.98. The summed E-state index contributed by atoms with van der Waals surface area (Å²) in [7, 11) is 1.63. The number of aromatic nitrogens is 3. The number of nitro groups is 1. The van der Waals surface area contributed by atoms with E-state index in [1.54, 1.807) is 19.2 Å². The molecule has 0 saturated carbocycles. The van der Waals surface area contributed by atoms with Gasteiger partial charge >= 0.3 is 0 Å². The first kappa shape index (κ1) is 20.4. The fourth-order valence-corrected chi connectivity index (χ4v) is 4.40. The van der Waals surface area contributed by atoms with Crippen molar-refractivity contribution >= 4 is 17.4 Å². The quantitative estimate of drug-likeness (QED) is 0.301. The van der Waals surface area contributed by atoms with E-state index in [9.17, 15) is 10.1 Å². The van der Waals surface area contributed by atoms with Gasteiger partial charge in [-0.15, -0.1) is 10.2 Å². The molecule has 0 N–H and O–H groups in total. The maximum Gasteiger partial charge on any atom is 0.273 e. The molecule has 0 bridgehead atoms. The van der Waals surface area contributed by atoms with Crippen LogP contribution >= 0.6 is 11.8 Å². The van der Waals surface area contributed by atoms with Crippen molar-refractivity contribution in [1.82, 2.24) is 14.8 Å². The zero-order chi connectivity index (χ0) is 20.9. The van der Waals surface area contributed by atoms with E-state index in [0.29, 0.717) is 17.9 Å². The van der Waals surface area contributed by atoms with Crippen LogP contribution in [-0.4, -0.2) is 39.5 Å². The second kappa shape index (κ2) is 9.27. The molecule has 1 aliphatic rings. The Balaban J connectivity index is 1.62. The van der Waals surface area contributed by atoms with Gasteiger partial charge in [-0.1, -0.05) is 30.0 Å². The maximum atomic E-state index is 11.3. The number of methoxy groups -OCH3 is 1. The molecule has 8 nitrogen and oxygen atoms in total. The van der Waals surface area contributed by atoms with Crippen LogP contribution in [0.25, 0.3) is 11.4 Å². The molecule has 0 amide bonds. The van der Waals surface area contributed by atoms with E-state index in [4.69, 9.17) is 9.47 Å². The topological polar surface area (TPSA) is 92.3 Å². The number of para-hydroxylation sites is 1. The van der Waals surface area contributed by atoms with Gasteiger partial charge in [-0.05, 0) is 37.1 Å². The summed E-state index contributed by atoms with van der Waals surface area (Å²) in [4.78, 5) is 11.0. The molecular formula is C21H22N4O4S. The normalized spacial score (nSPS) is 16.0. The molecule has 1 atom stereocenters. The van der Waals surface area contributed by atoms with Crippen molar-refractivity contribution in [2.75, 3.05) is 13.7 Å².